The highest BCUT2D eigenvalue weighted by Crippen LogP contribution is 2.25. The third kappa shape index (κ3) is 4.99. The first-order valence-electron chi connectivity index (χ1n) is 6.95. The van der Waals surface area contributed by atoms with E-state index in [1.807, 2.05) is 31.3 Å². The smallest absolute Gasteiger partial charge is 0.124 e. The standard InChI is InChI=1S/C17H21NO2S/c1-18-13-14-12-15(19-2)8-9-17(14)20-10-11-21-16-6-4-3-5-7-16/h3-9,12,18H,10-11,13H2,1-2H3. The van der Waals surface area contributed by atoms with Crippen molar-refractivity contribution in [2.24, 2.45) is 0 Å². The highest BCUT2D eigenvalue weighted by Gasteiger charge is 2.05. The Balaban J connectivity index is 1.87. The van der Waals surface area contributed by atoms with Gasteiger partial charge in [0, 0.05) is 22.8 Å². The van der Waals surface area contributed by atoms with Gasteiger partial charge in [-0.15, -0.1) is 11.8 Å². The molecule has 0 fully saturated rings. The Kier molecular flexibility index (Phi) is 6.44. The van der Waals surface area contributed by atoms with Gasteiger partial charge in [0.1, 0.15) is 11.5 Å². The fraction of sp³-hybridized carbons (Fsp3) is 0.294. The Bertz CT molecular complexity index is 546. The molecule has 2 aromatic rings. The molecule has 0 saturated carbocycles. The minimum Gasteiger partial charge on any atom is -0.497 e. The number of ether oxygens (including phenoxy) is 2. The van der Waals surface area contributed by atoms with Crippen LogP contribution >= 0.6 is 11.8 Å². The Morgan fingerprint density at radius 2 is 1.90 bits per heavy atom. The molecule has 112 valence electrons. The van der Waals surface area contributed by atoms with E-state index in [1.54, 1.807) is 18.9 Å². The molecule has 0 spiro atoms. The van der Waals surface area contributed by atoms with Crippen LogP contribution < -0.4 is 14.8 Å². The molecule has 0 radical (unpaired) electrons. The first-order chi connectivity index (χ1) is 10.3. The third-order valence-electron chi connectivity index (χ3n) is 2.99. The van der Waals surface area contributed by atoms with Crippen LogP contribution in [-0.4, -0.2) is 26.5 Å². The van der Waals surface area contributed by atoms with Gasteiger partial charge < -0.3 is 14.8 Å². The molecule has 0 aliphatic heterocycles. The lowest BCUT2D eigenvalue weighted by Crippen LogP contribution is -2.09. The van der Waals surface area contributed by atoms with Crippen LogP contribution in [0, 0.1) is 0 Å². The molecule has 3 nitrogen and oxygen atoms in total. The van der Waals surface area contributed by atoms with Gasteiger partial charge in [-0.25, -0.2) is 0 Å². The van der Waals surface area contributed by atoms with Gasteiger partial charge in [-0.05, 0) is 37.4 Å². The maximum Gasteiger partial charge on any atom is 0.124 e. The van der Waals surface area contributed by atoms with Crippen molar-refractivity contribution < 1.29 is 9.47 Å². The lowest BCUT2D eigenvalue weighted by Gasteiger charge is -2.12. The van der Waals surface area contributed by atoms with Crippen molar-refractivity contribution in [1.29, 1.82) is 0 Å². The van der Waals surface area contributed by atoms with Crippen molar-refractivity contribution in [2.45, 2.75) is 11.4 Å². The zero-order chi connectivity index (χ0) is 14.9. The normalized spacial score (nSPS) is 10.4. The van der Waals surface area contributed by atoms with Gasteiger partial charge in [-0.3, -0.25) is 0 Å². The highest BCUT2D eigenvalue weighted by molar-refractivity contribution is 7.99. The summed E-state index contributed by atoms with van der Waals surface area (Å²) >= 11 is 1.80. The number of hydrogen-bond acceptors (Lipinski definition) is 4. The third-order valence-corrected chi connectivity index (χ3v) is 3.96. The molecule has 0 amide bonds. The number of rotatable bonds is 8. The van der Waals surface area contributed by atoms with Gasteiger partial charge in [-0.1, -0.05) is 18.2 Å². The monoisotopic (exact) mass is 303 g/mol. The van der Waals surface area contributed by atoms with Gasteiger partial charge in [0.25, 0.3) is 0 Å². The van der Waals surface area contributed by atoms with Gasteiger partial charge in [0.15, 0.2) is 0 Å². The summed E-state index contributed by atoms with van der Waals surface area (Å²) < 4.78 is 11.1. The molecule has 0 saturated heterocycles. The zero-order valence-electron chi connectivity index (χ0n) is 12.5. The van der Waals surface area contributed by atoms with Crippen molar-refractivity contribution in [3.63, 3.8) is 0 Å². The lowest BCUT2D eigenvalue weighted by molar-refractivity contribution is 0.338. The highest BCUT2D eigenvalue weighted by atomic mass is 32.2. The van der Waals surface area contributed by atoms with E-state index >= 15 is 0 Å². The van der Waals surface area contributed by atoms with E-state index < -0.39 is 0 Å². The van der Waals surface area contributed by atoms with Crippen LogP contribution in [0.3, 0.4) is 0 Å². The molecular weight excluding hydrogens is 282 g/mol. The zero-order valence-corrected chi connectivity index (χ0v) is 13.3. The van der Waals surface area contributed by atoms with Crippen molar-refractivity contribution in [1.82, 2.24) is 5.32 Å². The van der Waals surface area contributed by atoms with Crippen molar-refractivity contribution in [3.05, 3.63) is 54.1 Å². The van der Waals surface area contributed by atoms with Crippen molar-refractivity contribution >= 4 is 11.8 Å². The van der Waals surface area contributed by atoms with Crippen LogP contribution in [0.25, 0.3) is 0 Å². The second kappa shape index (κ2) is 8.60. The summed E-state index contributed by atoms with van der Waals surface area (Å²) in [5.74, 6) is 2.69. The number of methoxy groups -OCH3 is 1. The molecule has 0 heterocycles. The van der Waals surface area contributed by atoms with Crippen LogP contribution in [0.2, 0.25) is 0 Å². The molecule has 0 bridgehead atoms. The molecule has 0 atom stereocenters. The molecule has 0 unspecified atom stereocenters. The maximum atomic E-state index is 5.89. The van der Waals surface area contributed by atoms with E-state index in [1.165, 1.54) is 4.90 Å². The van der Waals surface area contributed by atoms with Gasteiger partial charge in [-0.2, -0.15) is 0 Å². The van der Waals surface area contributed by atoms with E-state index in [4.69, 9.17) is 9.47 Å². The second-order valence-corrected chi connectivity index (χ2v) is 5.68. The van der Waals surface area contributed by atoms with E-state index in [-0.39, 0.29) is 0 Å². The van der Waals surface area contributed by atoms with Crippen molar-refractivity contribution in [3.8, 4) is 11.5 Å². The Morgan fingerprint density at radius 1 is 1.10 bits per heavy atom. The topological polar surface area (TPSA) is 30.5 Å². The van der Waals surface area contributed by atoms with Crippen LogP contribution in [0.5, 0.6) is 11.5 Å². The summed E-state index contributed by atoms with van der Waals surface area (Å²) in [5, 5.41) is 3.15. The Hall–Kier alpha value is -1.65. The van der Waals surface area contributed by atoms with Gasteiger partial charge in [0.2, 0.25) is 0 Å². The van der Waals surface area contributed by atoms with Gasteiger partial charge >= 0.3 is 0 Å². The largest absolute Gasteiger partial charge is 0.497 e. The van der Waals surface area contributed by atoms with E-state index in [0.717, 1.165) is 29.4 Å². The molecule has 0 aliphatic rings. The SMILES string of the molecule is CNCc1cc(OC)ccc1OCCSc1ccccc1. The number of hydrogen-bond donors (Lipinski definition) is 1. The summed E-state index contributed by atoms with van der Waals surface area (Å²) in [6, 6.07) is 16.3. The predicted molar refractivity (Wildman–Crippen MR) is 88.4 cm³/mol. The predicted octanol–water partition coefficient (Wildman–Crippen LogP) is 3.59. The number of thioether (sulfide) groups is 1. The molecule has 21 heavy (non-hydrogen) atoms. The number of nitrogens with one attached hydrogen (secondary N) is 1. The van der Waals surface area contributed by atoms with Crippen LogP contribution in [0.15, 0.2) is 53.4 Å². The summed E-state index contributed by atoms with van der Waals surface area (Å²) in [7, 11) is 3.60. The minimum absolute atomic E-state index is 0.683. The van der Waals surface area contributed by atoms with Crippen LogP contribution in [-0.2, 0) is 6.54 Å². The molecule has 0 aliphatic carbocycles. The van der Waals surface area contributed by atoms with E-state index in [2.05, 4.69) is 29.6 Å². The molecule has 4 heteroatoms. The fourth-order valence-corrected chi connectivity index (χ4v) is 2.73. The first kappa shape index (κ1) is 15.7. The quantitative estimate of drug-likeness (QED) is 0.596. The molecular formula is C17H21NO2S. The average Bonchev–Trinajstić information content (AvgIpc) is 2.54. The van der Waals surface area contributed by atoms with E-state index in [9.17, 15) is 0 Å². The Morgan fingerprint density at radius 3 is 2.62 bits per heavy atom. The Labute approximate surface area is 130 Å². The van der Waals surface area contributed by atoms with Crippen molar-refractivity contribution in [2.75, 3.05) is 26.5 Å². The van der Waals surface area contributed by atoms with Crippen LogP contribution in [0.4, 0.5) is 0 Å². The average molecular weight is 303 g/mol. The molecule has 2 aromatic carbocycles. The minimum atomic E-state index is 0.683. The van der Waals surface area contributed by atoms with E-state index in [0.29, 0.717) is 6.61 Å². The summed E-state index contributed by atoms with van der Waals surface area (Å²) in [4.78, 5) is 1.27. The molecule has 2 rings (SSSR count). The van der Waals surface area contributed by atoms with Gasteiger partial charge in [0.05, 0.1) is 13.7 Å². The number of benzene rings is 2. The fourth-order valence-electron chi connectivity index (χ4n) is 1.98. The summed E-state index contributed by atoms with van der Waals surface area (Å²) in [6.07, 6.45) is 0. The van der Waals surface area contributed by atoms with Crippen LogP contribution in [0.1, 0.15) is 5.56 Å². The molecule has 0 aromatic heterocycles. The lowest BCUT2D eigenvalue weighted by atomic mass is 10.2. The summed E-state index contributed by atoms with van der Waals surface area (Å²) in [6.45, 7) is 1.45. The summed E-state index contributed by atoms with van der Waals surface area (Å²) in [5.41, 5.74) is 1.11. The second-order valence-electron chi connectivity index (χ2n) is 4.51. The first-order valence-corrected chi connectivity index (χ1v) is 7.94. The molecule has 1 N–H and O–H groups in total. The maximum absolute atomic E-state index is 5.89.